The first kappa shape index (κ1) is 15.3. The van der Waals surface area contributed by atoms with Crippen LogP contribution in [0.15, 0.2) is 5.16 Å². The number of aromatic nitrogens is 3. The summed E-state index contributed by atoms with van der Waals surface area (Å²) in [4.78, 5) is 10.7. The lowest BCUT2D eigenvalue weighted by atomic mass is 10.2. The number of hydrogen-bond donors (Lipinski definition) is 1. The molecule has 0 saturated carbocycles. The topological polar surface area (TPSA) is 86.5 Å². The summed E-state index contributed by atoms with van der Waals surface area (Å²) in [6.45, 7) is 3.15. The van der Waals surface area contributed by atoms with Crippen LogP contribution in [0.5, 0.6) is 0 Å². The van der Waals surface area contributed by atoms with Gasteiger partial charge in [0.05, 0.1) is 18.5 Å². The highest BCUT2D eigenvalue weighted by Gasteiger charge is 2.29. The molecule has 0 spiro atoms. The average Bonchev–Trinajstić information content (AvgIpc) is 2.99. The number of rotatable bonds is 7. The van der Waals surface area contributed by atoms with E-state index in [1.165, 1.54) is 0 Å². The first-order valence-electron chi connectivity index (χ1n) is 6.54. The maximum absolute atomic E-state index is 10.7. The maximum Gasteiger partial charge on any atom is 0.313 e. The summed E-state index contributed by atoms with van der Waals surface area (Å²) in [5.74, 6) is -0.143. The van der Waals surface area contributed by atoms with Crippen molar-refractivity contribution in [2.75, 3.05) is 19.5 Å². The van der Waals surface area contributed by atoms with Crippen LogP contribution in [-0.2, 0) is 20.8 Å². The molecule has 0 radical (unpaired) electrons. The van der Waals surface area contributed by atoms with Crippen LogP contribution in [0, 0.1) is 0 Å². The minimum atomic E-state index is -0.872. The molecule has 8 heteroatoms. The van der Waals surface area contributed by atoms with E-state index < -0.39 is 5.97 Å². The molecule has 2 rings (SSSR count). The van der Waals surface area contributed by atoms with Crippen molar-refractivity contribution < 1.29 is 19.4 Å². The highest BCUT2D eigenvalue weighted by atomic mass is 32.2. The van der Waals surface area contributed by atoms with Crippen molar-refractivity contribution in [1.82, 2.24) is 14.8 Å². The molecule has 1 aromatic rings. The van der Waals surface area contributed by atoms with E-state index in [2.05, 4.69) is 10.2 Å². The zero-order valence-corrected chi connectivity index (χ0v) is 12.4. The molecular formula is C12H19N3O4S. The first-order chi connectivity index (χ1) is 9.61. The Labute approximate surface area is 121 Å². The number of aliphatic carboxylic acids is 1. The molecule has 0 amide bonds. The molecule has 1 N–H and O–H groups in total. The number of methoxy groups -OCH3 is 1. The summed E-state index contributed by atoms with van der Waals surface area (Å²) in [5.41, 5.74) is 0. The summed E-state index contributed by atoms with van der Waals surface area (Å²) >= 11 is 1.16. The van der Waals surface area contributed by atoms with Crippen molar-refractivity contribution in [3.8, 4) is 0 Å². The van der Waals surface area contributed by atoms with E-state index >= 15 is 0 Å². The molecule has 0 aromatic carbocycles. The Kier molecular flexibility index (Phi) is 5.38. The molecule has 1 aliphatic heterocycles. The fourth-order valence-electron chi connectivity index (χ4n) is 2.16. The van der Waals surface area contributed by atoms with Gasteiger partial charge >= 0.3 is 5.97 Å². The van der Waals surface area contributed by atoms with E-state index in [-0.39, 0.29) is 18.0 Å². The second-order valence-electron chi connectivity index (χ2n) is 4.68. The van der Waals surface area contributed by atoms with E-state index in [1.54, 1.807) is 7.11 Å². The quantitative estimate of drug-likeness (QED) is 0.760. The molecule has 112 valence electrons. The lowest BCUT2D eigenvalue weighted by Gasteiger charge is -2.13. The van der Waals surface area contributed by atoms with Crippen LogP contribution in [-0.4, -0.2) is 51.4 Å². The smallest absolute Gasteiger partial charge is 0.313 e. The summed E-state index contributed by atoms with van der Waals surface area (Å²) < 4.78 is 12.8. The third-order valence-electron chi connectivity index (χ3n) is 3.11. The van der Waals surface area contributed by atoms with Gasteiger partial charge in [0.2, 0.25) is 0 Å². The Balaban J connectivity index is 2.15. The molecule has 20 heavy (non-hydrogen) atoms. The molecule has 1 aromatic heterocycles. The van der Waals surface area contributed by atoms with Gasteiger partial charge in [0.15, 0.2) is 11.0 Å². The molecule has 2 atom stereocenters. The van der Waals surface area contributed by atoms with Gasteiger partial charge in [-0.05, 0) is 19.8 Å². The van der Waals surface area contributed by atoms with Crippen molar-refractivity contribution >= 4 is 17.7 Å². The van der Waals surface area contributed by atoms with Gasteiger partial charge in [-0.25, -0.2) is 0 Å². The normalized spacial score (nSPS) is 22.3. The van der Waals surface area contributed by atoms with E-state index in [9.17, 15) is 4.79 Å². The molecule has 1 saturated heterocycles. The second kappa shape index (κ2) is 7.05. The van der Waals surface area contributed by atoms with Gasteiger partial charge in [0.25, 0.3) is 0 Å². The number of nitrogens with zero attached hydrogens (tertiary/aromatic N) is 3. The summed E-state index contributed by atoms with van der Waals surface area (Å²) in [7, 11) is 1.63. The Morgan fingerprint density at radius 1 is 1.55 bits per heavy atom. The largest absolute Gasteiger partial charge is 0.481 e. The van der Waals surface area contributed by atoms with E-state index in [0.29, 0.717) is 18.3 Å². The molecule has 0 aliphatic carbocycles. The van der Waals surface area contributed by atoms with Crippen LogP contribution in [0.1, 0.15) is 31.7 Å². The Bertz CT molecular complexity index is 466. The fraction of sp³-hybridized carbons (Fsp3) is 0.750. The van der Waals surface area contributed by atoms with Gasteiger partial charge in [-0.2, -0.15) is 0 Å². The van der Waals surface area contributed by atoms with Crippen molar-refractivity contribution in [2.45, 2.75) is 43.7 Å². The van der Waals surface area contributed by atoms with Gasteiger partial charge in [-0.15, -0.1) is 10.2 Å². The predicted molar refractivity (Wildman–Crippen MR) is 72.8 cm³/mol. The lowest BCUT2D eigenvalue weighted by Crippen LogP contribution is -2.14. The fourth-order valence-corrected chi connectivity index (χ4v) is 2.85. The summed E-state index contributed by atoms with van der Waals surface area (Å²) in [5, 5.41) is 17.6. The van der Waals surface area contributed by atoms with Crippen molar-refractivity contribution in [3.05, 3.63) is 5.82 Å². The molecule has 7 nitrogen and oxygen atoms in total. The Hall–Kier alpha value is -1.12. The average molecular weight is 301 g/mol. The van der Waals surface area contributed by atoms with E-state index in [4.69, 9.17) is 14.6 Å². The number of thioether (sulfide) groups is 1. The van der Waals surface area contributed by atoms with Crippen LogP contribution in [0.2, 0.25) is 0 Å². The van der Waals surface area contributed by atoms with E-state index in [1.807, 2.05) is 11.5 Å². The van der Waals surface area contributed by atoms with Crippen LogP contribution < -0.4 is 0 Å². The zero-order valence-electron chi connectivity index (χ0n) is 11.6. The van der Waals surface area contributed by atoms with Crippen LogP contribution in [0.25, 0.3) is 0 Å². The van der Waals surface area contributed by atoms with Crippen LogP contribution >= 0.6 is 11.8 Å². The number of carbonyl (C=O) groups is 1. The van der Waals surface area contributed by atoms with Crippen molar-refractivity contribution in [1.29, 1.82) is 0 Å². The lowest BCUT2D eigenvalue weighted by molar-refractivity contribution is -0.133. The van der Waals surface area contributed by atoms with Gasteiger partial charge in [-0.1, -0.05) is 11.8 Å². The Morgan fingerprint density at radius 2 is 2.35 bits per heavy atom. The standard InChI is InChI=1S/C12H19N3O4S/c1-8-3-4-9(19-8)11-13-14-12(20-7-10(16)17)15(11)5-6-18-2/h8-9H,3-7H2,1-2H3,(H,16,17). The van der Waals surface area contributed by atoms with E-state index in [0.717, 1.165) is 30.4 Å². The molecule has 0 bridgehead atoms. The second-order valence-corrected chi connectivity index (χ2v) is 5.62. The monoisotopic (exact) mass is 301 g/mol. The van der Waals surface area contributed by atoms with Crippen LogP contribution in [0.3, 0.4) is 0 Å². The number of carboxylic acid groups (broad SMARTS) is 1. The number of carboxylic acids is 1. The molecular weight excluding hydrogens is 282 g/mol. The number of hydrogen-bond acceptors (Lipinski definition) is 6. The molecule has 1 fully saturated rings. The van der Waals surface area contributed by atoms with Gasteiger partial charge in [0, 0.05) is 13.7 Å². The predicted octanol–water partition coefficient (Wildman–Crippen LogP) is 1.34. The minimum absolute atomic E-state index is 0.0347. The summed E-state index contributed by atoms with van der Waals surface area (Å²) in [6.07, 6.45) is 2.08. The SMILES string of the molecule is COCCn1c(SCC(=O)O)nnc1C1CCC(C)O1. The Morgan fingerprint density at radius 3 is 2.95 bits per heavy atom. The molecule has 1 aliphatic rings. The highest BCUT2D eigenvalue weighted by molar-refractivity contribution is 7.99. The first-order valence-corrected chi connectivity index (χ1v) is 7.52. The van der Waals surface area contributed by atoms with Crippen molar-refractivity contribution in [2.24, 2.45) is 0 Å². The number of ether oxygens (including phenoxy) is 2. The third-order valence-corrected chi connectivity index (χ3v) is 4.06. The van der Waals surface area contributed by atoms with Crippen molar-refractivity contribution in [3.63, 3.8) is 0 Å². The van der Waals surface area contributed by atoms with Gasteiger partial charge in [0.1, 0.15) is 6.10 Å². The maximum atomic E-state index is 10.7. The molecule has 2 heterocycles. The zero-order chi connectivity index (χ0) is 14.5. The van der Waals surface area contributed by atoms with Crippen LogP contribution in [0.4, 0.5) is 0 Å². The highest BCUT2D eigenvalue weighted by Crippen LogP contribution is 2.33. The third kappa shape index (κ3) is 3.71. The molecule has 2 unspecified atom stereocenters. The minimum Gasteiger partial charge on any atom is -0.481 e. The summed E-state index contributed by atoms with van der Waals surface area (Å²) in [6, 6.07) is 0. The van der Waals surface area contributed by atoms with Gasteiger partial charge < -0.3 is 19.1 Å². The van der Waals surface area contributed by atoms with Gasteiger partial charge in [-0.3, -0.25) is 4.79 Å².